The molecule has 2 aromatic carbocycles. The summed E-state index contributed by atoms with van der Waals surface area (Å²) in [6.45, 7) is 13.9. The summed E-state index contributed by atoms with van der Waals surface area (Å²) in [5.41, 5.74) is 3.60. The van der Waals surface area contributed by atoms with Gasteiger partial charge >= 0.3 is 0 Å². The summed E-state index contributed by atoms with van der Waals surface area (Å²) in [5, 5.41) is 3.05. The van der Waals surface area contributed by atoms with Crippen molar-refractivity contribution in [1.82, 2.24) is 15.1 Å². The third-order valence-electron chi connectivity index (χ3n) is 7.36. The number of amides is 1. The predicted molar refractivity (Wildman–Crippen MR) is 142 cm³/mol. The zero-order valence-electron chi connectivity index (χ0n) is 21.4. The Hall–Kier alpha value is -2.96. The van der Waals surface area contributed by atoms with Crippen LogP contribution in [0.3, 0.4) is 0 Å². The van der Waals surface area contributed by atoms with E-state index in [1.54, 1.807) is 0 Å². The van der Waals surface area contributed by atoms with Gasteiger partial charge in [-0.05, 0) is 56.3 Å². The van der Waals surface area contributed by atoms with E-state index in [0.717, 1.165) is 49.7 Å². The van der Waals surface area contributed by atoms with Crippen LogP contribution in [0.5, 0.6) is 0 Å². The highest BCUT2D eigenvalue weighted by atomic mass is 16.2. The number of benzene rings is 2. The fourth-order valence-corrected chi connectivity index (χ4v) is 5.02. The first-order chi connectivity index (χ1) is 16.9. The first-order valence-electron chi connectivity index (χ1n) is 12.8. The summed E-state index contributed by atoms with van der Waals surface area (Å²) >= 11 is 0. The van der Waals surface area contributed by atoms with Gasteiger partial charge in [-0.2, -0.15) is 0 Å². The molecule has 0 saturated carbocycles. The Bertz CT molecular complexity index is 1040. The topological polar surface area (TPSA) is 55.9 Å². The number of anilines is 1. The summed E-state index contributed by atoms with van der Waals surface area (Å²) in [6, 6.07) is 18.0. The highest BCUT2D eigenvalue weighted by Gasteiger charge is 2.33. The van der Waals surface area contributed by atoms with Gasteiger partial charge in [-0.15, -0.1) is 0 Å². The molecule has 1 amide bonds. The number of rotatable bonds is 8. The van der Waals surface area contributed by atoms with Crippen LogP contribution in [0.15, 0.2) is 66.4 Å². The molecule has 1 saturated heterocycles. The number of carbonyl (C=O) groups is 2. The number of hydrogen-bond acceptors (Lipinski definition) is 5. The van der Waals surface area contributed by atoms with E-state index in [9.17, 15) is 9.59 Å². The van der Waals surface area contributed by atoms with Gasteiger partial charge in [-0.25, -0.2) is 0 Å². The van der Waals surface area contributed by atoms with Gasteiger partial charge in [0.1, 0.15) is 0 Å². The maximum atomic E-state index is 13.3. The van der Waals surface area contributed by atoms with Crippen LogP contribution in [-0.2, 0) is 4.79 Å². The van der Waals surface area contributed by atoms with E-state index in [1.807, 2.05) is 74.5 Å². The van der Waals surface area contributed by atoms with Crippen molar-refractivity contribution in [3.05, 3.63) is 77.5 Å². The number of nitrogens with zero attached hydrogens (tertiary/aromatic N) is 3. The number of Topliss-reactive ketones (excluding diaryl/α,β-unsaturated/α-hetero) is 1. The lowest BCUT2D eigenvalue weighted by Crippen LogP contribution is -2.48. The van der Waals surface area contributed by atoms with Gasteiger partial charge in [-0.1, -0.05) is 44.2 Å². The minimum absolute atomic E-state index is 0.132. The second-order valence-corrected chi connectivity index (χ2v) is 9.85. The van der Waals surface area contributed by atoms with Gasteiger partial charge in [0.05, 0.1) is 6.04 Å². The zero-order chi connectivity index (χ0) is 24.9. The Morgan fingerprint density at radius 2 is 1.60 bits per heavy atom. The average Bonchev–Trinajstić information content (AvgIpc) is 3.31. The van der Waals surface area contributed by atoms with E-state index < -0.39 is 0 Å². The van der Waals surface area contributed by atoms with E-state index in [4.69, 9.17) is 0 Å². The normalized spacial score (nSPS) is 20.1. The predicted octanol–water partition coefficient (Wildman–Crippen LogP) is 3.91. The van der Waals surface area contributed by atoms with Gasteiger partial charge in [0.15, 0.2) is 5.78 Å². The fourth-order valence-electron chi connectivity index (χ4n) is 5.02. The molecule has 0 aromatic heterocycles. The molecule has 6 heteroatoms. The number of ketones is 1. The largest absolute Gasteiger partial charge is 0.369 e. The monoisotopic (exact) mass is 474 g/mol. The smallest absolute Gasteiger partial charge is 0.255 e. The zero-order valence-corrected chi connectivity index (χ0v) is 21.4. The van der Waals surface area contributed by atoms with Gasteiger partial charge < -0.3 is 10.2 Å². The van der Waals surface area contributed by atoms with Crippen molar-refractivity contribution >= 4 is 17.4 Å². The van der Waals surface area contributed by atoms with Crippen molar-refractivity contribution in [2.45, 2.75) is 45.7 Å². The number of nitrogens with one attached hydrogen (secondary N) is 1. The molecule has 2 aliphatic rings. The summed E-state index contributed by atoms with van der Waals surface area (Å²) in [4.78, 5) is 33.2. The summed E-state index contributed by atoms with van der Waals surface area (Å²) in [5.74, 6) is -0.173. The quantitative estimate of drug-likeness (QED) is 0.629. The first-order valence-corrected chi connectivity index (χ1v) is 12.8. The lowest BCUT2D eigenvalue weighted by molar-refractivity contribution is -0.123. The van der Waals surface area contributed by atoms with Gasteiger partial charge in [0, 0.05) is 61.6 Å². The second-order valence-electron chi connectivity index (χ2n) is 9.85. The molecule has 2 aliphatic heterocycles. The summed E-state index contributed by atoms with van der Waals surface area (Å²) in [7, 11) is 0. The molecule has 186 valence electrons. The Balaban J connectivity index is 1.38. The number of carbonyl (C=O) groups excluding carboxylic acids is 2. The van der Waals surface area contributed by atoms with Crippen molar-refractivity contribution in [1.29, 1.82) is 0 Å². The molecule has 2 aromatic rings. The molecule has 4 rings (SSSR count). The molecule has 1 fully saturated rings. The van der Waals surface area contributed by atoms with Crippen LogP contribution in [-0.4, -0.2) is 72.8 Å². The van der Waals surface area contributed by atoms with Crippen LogP contribution < -0.4 is 10.2 Å². The molecule has 0 radical (unpaired) electrons. The van der Waals surface area contributed by atoms with Crippen molar-refractivity contribution in [3.63, 3.8) is 0 Å². The SMILES string of the molecule is CCN1CC(NC(=O)c2ccc(N3CCN(C(C)C)CC3)cc2)=CC1C(=O)[C@H](C)c1ccccc1. The Morgan fingerprint density at radius 3 is 2.20 bits per heavy atom. The molecular formula is C29H38N4O2. The Morgan fingerprint density at radius 1 is 0.943 bits per heavy atom. The molecule has 35 heavy (non-hydrogen) atoms. The van der Waals surface area contributed by atoms with Crippen LogP contribution in [0.25, 0.3) is 0 Å². The number of hydrogen-bond donors (Lipinski definition) is 1. The summed E-state index contributed by atoms with van der Waals surface area (Å²) in [6.07, 6.45) is 1.92. The highest BCUT2D eigenvalue weighted by Crippen LogP contribution is 2.24. The molecular weight excluding hydrogens is 436 g/mol. The second kappa shape index (κ2) is 11.2. The molecule has 2 heterocycles. The van der Waals surface area contributed by atoms with Crippen LogP contribution in [0.4, 0.5) is 5.69 Å². The fraction of sp³-hybridized carbons (Fsp3) is 0.448. The lowest BCUT2D eigenvalue weighted by Gasteiger charge is -2.38. The maximum absolute atomic E-state index is 13.3. The van der Waals surface area contributed by atoms with E-state index in [0.29, 0.717) is 18.2 Å². The van der Waals surface area contributed by atoms with Crippen LogP contribution in [0, 0.1) is 0 Å². The minimum atomic E-state index is -0.322. The van der Waals surface area contributed by atoms with Gasteiger partial charge in [0.2, 0.25) is 0 Å². The van der Waals surface area contributed by atoms with Crippen molar-refractivity contribution in [2.75, 3.05) is 44.2 Å². The molecule has 0 bridgehead atoms. The molecule has 6 nitrogen and oxygen atoms in total. The van der Waals surface area contributed by atoms with E-state index >= 15 is 0 Å². The Labute approximate surface area is 209 Å². The molecule has 2 atom stereocenters. The molecule has 1 N–H and O–H groups in total. The van der Waals surface area contributed by atoms with E-state index in [-0.39, 0.29) is 23.7 Å². The van der Waals surface area contributed by atoms with Crippen LogP contribution in [0.1, 0.15) is 49.5 Å². The van der Waals surface area contributed by atoms with Crippen molar-refractivity contribution in [3.8, 4) is 0 Å². The Kier molecular flexibility index (Phi) is 8.04. The number of likely N-dealkylation sites (N-methyl/N-ethyl adjacent to an activating group) is 1. The van der Waals surface area contributed by atoms with E-state index in [2.05, 4.69) is 33.9 Å². The van der Waals surface area contributed by atoms with Gasteiger partial charge in [0.25, 0.3) is 5.91 Å². The minimum Gasteiger partial charge on any atom is -0.369 e. The standard InChI is InChI=1S/C29H38N4O2/c1-5-31-20-25(19-27(31)28(34)22(4)23-9-7-6-8-10-23)30-29(35)24-11-13-26(14-12-24)33-17-15-32(16-18-33)21(2)3/h6-14,19,21-22,27H,5,15-18,20H2,1-4H3,(H,30,35)/t22-,27?/m1/s1. The molecule has 0 aliphatic carbocycles. The maximum Gasteiger partial charge on any atom is 0.255 e. The van der Waals surface area contributed by atoms with Crippen LogP contribution in [0.2, 0.25) is 0 Å². The van der Waals surface area contributed by atoms with Crippen molar-refractivity contribution < 1.29 is 9.59 Å². The lowest BCUT2D eigenvalue weighted by atomic mass is 9.92. The first kappa shape index (κ1) is 25.1. The number of piperazine rings is 1. The molecule has 1 unspecified atom stereocenters. The summed E-state index contributed by atoms with van der Waals surface area (Å²) < 4.78 is 0. The molecule has 0 spiro atoms. The van der Waals surface area contributed by atoms with Gasteiger partial charge in [-0.3, -0.25) is 19.4 Å². The van der Waals surface area contributed by atoms with Crippen molar-refractivity contribution in [2.24, 2.45) is 0 Å². The highest BCUT2D eigenvalue weighted by molar-refractivity contribution is 5.96. The van der Waals surface area contributed by atoms with E-state index in [1.165, 1.54) is 0 Å². The average molecular weight is 475 g/mol. The third-order valence-corrected chi connectivity index (χ3v) is 7.36. The third kappa shape index (κ3) is 5.82. The van der Waals surface area contributed by atoms with Crippen LogP contribution >= 0.6 is 0 Å².